The van der Waals surface area contributed by atoms with Gasteiger partial charge in [-0.3, -0.25) is 4.79 Å². The summed E-state index contributed by atoms with van der Waals surface area (Å²) in [7, 11) is -1.39. The topological polar surface area (TPSA) is 54.5 Å². The molecule has 1 fully saturated rings. The van der Waals surface area contributed by atoms with Crippen LogP contribution in [0.3, 0.4) is 0 Å². The van der Waals surface area contributed by atoms with E-state index in [9.17, 15) is 13.2 Å². The van der Waals surface area contributed by atoms with Gasteiger partial charge in [-0.2, -0.15) is 0 Å². The highest BCUT2D eigenvalue weighted by Crippen LogP contribution is 2.27. The Balaban J connectivity index is 2.55. The molecule has 0 heterocycles. The van der Waals surface area contributed by atoms with Crippen LogP contribution < -0.4 is 0 Å². The molecule has 0 saturated heterocycles. The maximum Gasteiger partial charge on any atom is 0.222 e. The predicted molar refractivity (Wildman–Crippen MR) is 77.7 cm³/mol. The van der Waals surface area contributed by atoms with E-state index in [1.165, 1.54) is 25.5 Å². The Morgan fingerprint density at radius 3 is 2.21 bits per heavy atom. The predicted octanol–water partition coefficient (Wildman–Crippen LogP) is 2.24. The Hall–Kier alpha value is -0.580. The standard InChI is InChI=1S/C14H27NO3S/c1-11(12(2)19(4,17)18)15(3)14(16)10-13-8-6-5-7-9-13/h11-13H,5-10H2,1-4H3/t11-,12-/m0/s1. The average Bonchev–Trinajstić information content (AvgIpc) is 2.36. The summed E-state index contributed by atoms with van der Waals surface area (Å²) in [6, 6.07) is -0.272. The highest BCUT2D eigenvalue weighted by Gasteiger charge is 2.29. The molecule has 2 atom stereocenters. The number of nitrogens with zero attached hydrogens (tertiary/aromatic N) is 1. The molecule has 0 unspecified atom stereocenters. The quantitative estimate of drug-likeness (QED) is 0.780. The zero-order valence-electron chi connectivity index (χ0n) is 12.6. The highest BCUT2D eigenvalue weighted by atomic mass is 32.2. The van der Waals surface area contributed by atoms with Crippen LogP contribution in [-0.4, -0.2) is 43.8 Å². The van der Waals surface area contributed by atoms with Crippen molar-refractivity contribution in [1.82, 2.24) is 4.90 Å². The first-order valence-corrected chi connectivity index (χ1v) is 9.13. The van der Waals surface area contributed by atoms with E-state index >= 15 is 0 Å². The summed E-state index contributed by atoms with van der Waals surface area (Å²) >= 11 is 0. The normalized spacial score (nSPS) is 20.8. The number of hydrogen-bond acceptors (Lipinski definition) is 3. The molecule has 19 heavy (non-hydrogen) atoms. The molecule has 1 aliphatic carbocycles. The van der Waals surface area contributed by atoms with Gasteiger partial charge in [-0.15, -0.1) is 0 Å². The maximum atomic E-state index is 12.2. The lowest BCUT2D eigenvalue weighted by Gasteiger charge is -2.31. The second-order valence-corrected chi connectivity index (χ2v) is 8.39. The summed E-state index contributed by atoms with van der Waals surface area (Å²) in [5.74, 6) is 0.569. The van der Waals surface area contributed by atoms with Crippen LogP contribution in [-0.2, 0) is 14.6 Å². The smallest absolute Gasteiger partial charge is 0.222 e. The first kappa shape index (κ1) is 16.5. The van der Waals surface area contributed by atoms with Gasteiger partial charge in [0.1, 0.15) is 0 Å². The summed E-state index contributed by atoms with van der Waals surface area (Å²) in [6.07, 6.45) is 7.78. The Bertz CT molecular complexity index is 399. The van der Waals surface area contributed by atoms with E-state index in [-0.39, 0.29) is 11.9 Å². The number of amides is 1. The molecular formula is C14H27NO3S. The van der Waals surface area contributed by atoms with E-state index in [2.05, 4.69) is 0 Å². The third kappa shape index (κ3) is 4.79. The van der Waals surface area contributed by atoms with Gasteiger partial charge in [0.15, 0.2) is 9.84 Å². The fourth-order valence-corrected chi connectivity index (χ4v) is 3.58. The molecule has 1 amide bonds. The van der Waals surface area contributed by atoms with Crippen molar-refractivity contribution in [3.8, 4) is 0 Å². The maximum absolute atomic E-state index is 12.2. The summed E-state index contributed by atoms with van der Waals surface area (Å²) < 4.78 is 23.1. The van der Waals surface area contributed by atoms with E-state index in [0.29, 0.717) is 12.3 Å². The lowest BCUT2D eigenvalue weighted by molar-refractivity contribution is -0.132. The van der Waals surface area contributed by atoms with Crippen molar-refractivity contribution in [2.45, 2.75) is 63.7 Å². The SMILES string of the molecule is C[C@@H]([C@H](C)S(C)(=O)=O)N(C)C(=O)CC1CCCCC1. The zero-order valence-corrected chi connectivity index (χ0v) is 13.4. The summed E-state index contributed by atoms with van der Waals surface area (Å²) in [4.78, 5) is 13.8. The third-order valence-corrected chi connectivity index (χ3v) is 6.29. The van der Waals surface area contributed by atoms with Crippen LogP contribution in [0.2, 0.25) is 0 Å². The monoisotopic (exact) mass is 289 g/mol. The van der Waals surface area contributed by atoms with Crippen molar-refractivity contribution in [3.63, 3.8) is 0 Å². The summed E-state index contributed by atoms with van der Waals surface area (Å²) in [5.41, 5.74) is 0. The van der Waals surface area contributed by atoms with Crippen LogP contribution in [0.25, 0.3) is 0 Å². The molecule has 5 heteroatoms. The molecule has 0 radical (unpaired) electrons. The van der Waals surface area contributed by atoms with Crippen molar-refractivity contribution in [3.05, 3.63) is 0 Å². The van der Waals surface area contributed by atoms with Crippen molar-refractivity contribution in [2.24, 2.45) is 5.92 Å². The van der Waals surface area contributed by atoms with Crippen molar-refractivity contribution >= 4 is 15.7 Å². The van der Waals surface area contributed by atoms with Crippen molar-refractivity contribution < 1.29 is 13.2 Å². The number of rotatable bonds is 5. The number of carbonyl (C=O) groups excluding carboxylic acids is 1. The van der Waals surface area contributed by atoms with Gasteiger partial charge < -0.3 is 4.90 Å². The van der Waals surface area contributed by atoms with E-state index in [1.807, 2.05) is 6.92 Å². The molecule has 0 aromatic heterocycles. The molecule has 1 rings (SSSR count). The zero-order chi connectivity index (χ0) is 14.6. The minimum atomic E-state index is -3.11. The minimum Gasteiger partial charge on any atom is -0.342 e. The first-order valence-electron chi connectivity index (χ1n) is 7.18. The van der Waals surface area contributed by atoms with E-state index < -0.39 is 15.1 Å². The molecule has 0 aromatic carbocycles. The second kappa shape index (κ2) is 6.73. The Morgan fingerprint density at radius 2 is 1.74 bits per heavy atom. The Kier molecular flexibility index (Phi) is 5.83. The number of sulfone groups is 1. The number of hydrogen-bond donors (Lipinski definition) is 0. The number of carbonyl (C=O) groups is 1. The van der Waals surface area contributed by atoms with Crippen LogP contribution in [0.1, 0.15) is 52.4 Å². The summed E-state index contributed by atoms with van der Waals surface area (Å²) in [5, 5.41) is -0.521. The molecular weight excluding hydrogens is 262 g/mol. The molecule has 1 aliphatic rings. The van der Waals surface area contributed by atoms with Gasteiger partial charge in [-0.05, 0) is 32.6 Å². The molecule has 4 nitrogen and oxygen atoms in total. The van der Waals surface area contributed by atoms with E-state index in [1.54, 1.807) is 18.9 Å². The Morgan fingerprint density at radius 1 is 1.21 bits per heavy atom. The van der Waals surface area contributed by atoms with Gasteiger partial charge in [0.05, 0.1) is 5.25 Å². The van der Waals surface area contributed by atoms with Crippen LogP contribution in [0, 0.1) is 5.92 Å². The fraction of sp³-hybridized carbons (Fsp3) is 0.929. The molecule has 0 N–H and O–H groups in total. The van der Waals surface area contributed by atoms with Gasteiger partial charge in [-0.25, -0.2) is 8.42 Å². The molecule has 0 aliphatic heterocycles. The summed E-state index contributed by atoms with van der Waals surface area (Å²) in [6.45, 7) is 3.48. The molecule has 0 aromatic rings. The van der Waals surface area contributed by atoms with Gasteiger partial charge in [0, 0.05) is 25.8 Å². The molecule has 1 saturated carbocycles. The Labute approximate surface area is 117 Å². The lowest BCUT2D eigenvalue weighted by atomic mass is 9.86. The largest absolute Gasteiger partial charge is 0.342 e. The highest BCUT2D eigenvalue weighted by molar-refractivity contribution is 7.91. The molecule has 112 valence electrons. The van der Waals surface area contributed by atoms with E-state index in [0.717, 1.165) is 12.8 Å². The van der Waals surface area contributed by atoms with Gasteiger partial charge in [0.2, 0.25) is 5.91 Å². The van der Waals surface area contributed by atoms with Crippen molar-refractivity contribution in [1.29, 1.82) is 0 Å². The minimum absolute atomic E-state index is 0.0786. The van der Waals surface area contributed by atoms with E-state index in [4.69, 9.17) is 0 Å². The third-order valence-electron chi connectivity index (χ3n) is 4.55. The van der Waals surface area contributed by atoms with Crippen LogP contribution in [0.5, 0.6) is 0 Å². The van der Waals surface area contributed by atoms with Gasteiger partial charge in [-0.1, -0.05) is 19.3 Å². The molecule has 0 bridgehead atoms. The van der Waals surface area contributed by atoms with Crippen LogP contribution in [0.15, 0.2) is 0 Å². The molecule has 0 spiro atoms. The lowest BCUT2D eigenvalue weighted by Crippen LogP contribution is -2.44. The van der Waals surface area contributed by atoms with Crippen LogP contribution in [0.4, 0.5) is 0 Å². The fourth-order valence-electron chi connectivity index (χ4n) is 2.68. The van der Waals surface area contributed by atoms with Gasteiger partial charge >= 0.3 is 0 Å². The van der Waals surface area contributed by atoms with Crippen LogP contribution >= 0.6 is 0 Å². The van der Waals surface area contributed by atoms with Crippen molar-refractivity contribution in [2.75, 3.05) is 13.3 Å². The average molecular weight is 289 g/mol. The van der Waals surface area contributed by atoms with Gasteiger partial charge in [0.25, 0.3) is 0 Å². The first-order chi connectivity index (χ1) is 8.73. The second-order valence-electron chi connectivity index (χ2n) is 5.99.